The molecule has 14 heteroatoms. The zero-order valence-corrected chi connectivity index (χ0v) is 29.1. The van der Waals surface area contributed by atoms with Crippen LogP contribution in [0.2, 0.25) is 0 Å². The monoisotopic (exact) mass is 728 g/mol. The lowest BCUT2D eigenvalue weighted by Gasteiger charge is -2.26. The number of anilines is 1. The number of benzene rings is 1. The summed E-state index contributed by atoms with van der Waals surface area (Å²) >= 11 is 3.39. The number of rotatable bonds is 4. The number of ether oxygens (including phenoxy) is 1. The molecule has 2 bridgehead atoms. The topological polar surface area (TPSA) is 161 Å². The number of carbonyl (C=O) groups is 4. The average Bonchev–Trinajstić information content (AvgIpc) is 3.62. The Morgan fingerprint density at radius 1 is 1.10 bits per heavy atom. The lowest BCUT2D eigenvalue weighted by molar-refractivity contribution is -0.137. The summed E-state index contributed by atoms with van der Waals surface area (Å²) in [6, 6.07) is 8.27. The van der Waals surface area contributed by atoms with Gasteiger partial charge >= 0.3 is 0 Å². The van der Waals surface area contributed by atoms with E-state index in [0.717, 1.165) is 11.1 Å². The molecule has 0 radical (unpaired) electrons. The molecule has 4 aromatic rings. The molecule has 13 nitrogen and oxygen atoms in total. The fourth-order valence-corrected chi connectivity index (χ4v) is 6.52. The van der Waals surface area contributed by atoms with Crippen molar-refractivity contribution in [3.05, 3.63) is 76.6 Å². The number of allylic oxidation sites excluding steroid dienone is 1. The van der Waals surface area contributed by atoms with Gasteiger partial charge in [0.25, 0.3) is 0 Å². The second kappa shape index (κ2) is 14.3. The molecule has 2 aliphatic heterocycles. The Morgan fingerprint density at radius 2 is 1.90 bits per heavy atom. The van der Waals surface area contributed by atoms with Gasteiger partial charge in [0.2, 0.25) is 17.7 Å². The van der Waals surface area contributed by atoms with Crippen molar-refractivity contribution < 1.29 is 23.9 Å². The van der Waals surface area contributed by atoms with Crippen molar-refractivity contribution in [3.63, 3.8) is 0 Å². The molecular formula is C35H37BrN8O5. The highest BCUT2D eigenvalue weighted by atomic mass is 79.9. The summed E-state index contributed by atoms with van der Waals surface area (Å²) in [7, 11) is 0. The Labute approximate surface area is 291 Å². The predicted molar refractivity (Wildman–Crippen MR) is 185 cm³/mol. The van der Waals surface area contributed by atoms with Crippen molar-refractivity contribution in [1.29, 1.82) is 0 Å². The molecule has 1 aromatic carbocycles. The van der Waals surface area contributed by atoms with E-state index in [2.05, 4.69) is 46.6 Å². The van der Waals surface area contributed by atoms with Gasteiger partial charge in [-0.25, -0.2) is 15.0 Å². The smallest absolute Gasteiger partial charge is 0.248 e. The van der Waals surface area contributed by atoms with Crippen LogP contribution in [0, 0.1) is 12.3 Å². The Balaban J connectivity index is 1.31. The van der Waals surface area contributed by atoms with E-state index in [4.69, 9.17) is 4.74 Å². The van der Waals surface area contributed by atoms with Crippen LogP contribution in [0.4, 0.5) is 5.82 Å². The molecule has 0 spiro atoms. The molecule has 0 saturated carbocycles. The Kier molecular flexibility index (Phi) is 9.97. The molecule has 2 unspecified atom stereocenters. The van der Waals surface area contributed by atoms with Crippen LogP contribution in [-0.4, -0.2) is 78.9 Å². The normalized spacial score (nSPS) is 21.1. The molecule has 0 aliphatic carbocycles. The zero-order valence-electron chi connectivity index (χ0n) is 27.5. The Morgan fingerprint density at radius 3 is 2.67 bits per heavy atom. The second-order valence-corrected chi connectivity index (χ2v) is 13.6. The van der Waals surface area contributed by atoms with Crippen LogP contribution in [0.1, 0.15) is 55.0 Å². The number of aryl methyl sites for hydroxylation is 1. The minimum absolute atomic E-state index is 0.111. The third kappa shape index (κ3) is 7.75. The van der Waals surface area contributed by atoms with E-state index in [9.17, 15) is 19.2 Å². The highest BCUT2D eigenvalue weighted by molar-refractivity contribution is 9.10. The summed E-state index contributed by atoms with van der Waals surface area (Å²) in [5, 5.41) is 11.1. The van der Waals surface area contributed by atoms with Crippen molar-refractivity contribution in [2.24, 2.45) is 5.41 Å². The maximum Gasteiger partial charge on any atom is 0.248 e. The predicted octanol–water partition coefficient (Wildman–Crippen LogP) is 4.39. The third-order valence-electron chi connectivity index (χ3n) is 8.80. The van der Waals surface area contributed by atoms with Crippen molar-refractivity contribution in [1.82, 2.24) is 34.9 Å². The quantitative estimate of drug-likeness (QED) is 0.176. The number of Topliss-reactive ketones (excluding diaryl/α,β-unsaturated/α-hetero) is 1. The number of amides is 3. The summed E-state index contributed by atoms with van der Waals surface area (Å²) in [5.74, 6) is -0.129. The van der Waals surface area contributed by atoms with Gasteiger partial charge in [0.1, 0.15) is 34.5 Å². The Bertz CT molecular complexity index is 1960. The van der Waals surface area contributed by atoms with Gasteiger partial charge in [-0.2, -0.15) is 5.10 Å². The Hall–Kier alpha value is -4.82. The van der Waals surface area contributed by atoms with Crippen LogP contribution < -0.4 is 10.6 Å². The zero-order chi connectivity index (χ0) is 34.7. The van der Waals surface area contributed by atoms with E-state index in [-0.39, 0.29) is 49.5 Å². The van der Waals surface area contributed by atoms with Gasteiger partial charge in [-0.05, 0) is 59.5 Å². The first-order valence-corrected chi connectivity index (χ1v) is 16.8. The number of fused-ring (bicyclic) bond motifs is 4. The number of carbonyl (C=O) groups excluding carboxylic acids is 4. The molecule has 254 valence electrons. The number of nitrogens with zero attached hydrogens (tertiary/aromatic N) is 6. The number of nitrogens with one attached hydrogen (secondary N) is 2. The van der Waals surface area contributed by atoms with Crippen LogP contribution >= 0.6 is 15.9 Å². The van der Waals surface area contributed by atoms with Gasteiger partial charge in [-0.1, -0.05) is 31.2 Å². The maximum atomic E-state index is 14.2. The minimum atomic E-state index is -0.858. The van der Waals surface area contributed by atoms with Gasteiger partial charge < -0.3 is 20.3 Å². The molecule has 2 atom stereocenters. The first-order valence-electron chi connectivity index (χ1n) is 16.1. The number of hydrogen-bond donors (Lipinski definition) is 2. The highest BCUT2D eigenvalue weighted by Crippen LogP contribution is 2.36. The number of aromatic nitrogens is 5. The number of likely N-dealkylation sites (tertiary alicyclic amines) is 1. The van der Waals surface area contributed by atoms with Gasteiger partial charge in [-0.3, -0.25) is 23.9 Å². The lowest BCUT2D eigenvalue weighted by Crippen LogP contribution is -2.45. The fourth-order valence-electron chi connectivity index (χ4n) is 6.21. The van der Waals surface area contributed by atoms with Crippen LogP contribution in [0.5, 0.6) is 0 Å². The number of halogens is 1. The van der Waals surface area contributed by atoms with Crippen LogP contribution in [-0.2, 0) is 32.3 Å². The SMILES string of the molecule is CC(=O)c1nn(CC(=O)N2CC3(C)CNC(=O)CC/C=C\COCc4ccc(Br)nc4NC(=O)C2C3)c2ccc(-c3cnc(C)nc3)cc12. The van der Waals surface area contributed by atoms with Gasteiger partial charge in [0.15, 0.2) is 5.78 Å². The number of hydrogen-bond acceptors (Lipinski definition) is 9. The van der Waals surface area contributed by atoms with E-state index in [1.165, 1.54) is 11.6 Å². The van der Waals surface area contributed by atoms with Crippen molar-refractivity contribution in [2.75, 3.05) is 25.0 Å². The van der Waals surface area contributed by atoms with Crippen LogP contribution in [0.3, 0.4) is 0 Å². The highest BCUT2D eigenvalue weighted by Gasteiger charge is 2.46. The summed E-state index contributed by atoms with van der Waals surface area (Å²) in [5.41, 5.74) is 2.52. The molecule has 2 N–H and O–H groups in total. The molecule has 3 aromatic heterocycles. The molecule has 3 amide bonds. The van der Waals surface area contributed by atoms with Crippen molar-refractivity contribution >= 4 is 56.2 Å². The van der Waals surface area contributed by atoms with Crippen molar-refractivity contribution in [3.8, 4) is 11.1 Å². The molecular weight excluding hydrogens is 692 g/mol. The molecule has 1 fully saturated rings. The largest absolute Gasteiger partial charge is 0.373 e. The fraction of sp³-hybridized carbons (Fsp3) is 0.371. The first kappa shape index (κ1) is 34.1. The van der Waals surface area contributed by atoms with Crippen molar-refractivity contribution in [2.45, 2.75) is 59.2 Å². The van der Waals surface area contributed by atoms with Gasteiger partial charge in [-0.15, -0.1) is 0 Å². The molecule has 5 heterocycles. The second-order valence-electron chi connectivity index (χ2n) is 12.8. The summed E-state index contributed by atoms with van der Waals surface area (Å²) in [4.78, 5) is 68.1. The average molecular weight is 730 g/mol. The number of ketones is 1. The standard InChI is InChI=1S/C35H37BrN8O5/c1-21(45)32-26-13-23(25-15-37-22(2)38-16-25)8-10-27(26)44(42-32)17-31(47)43-20-35(3)14-28(43)34(48)41-33-24(9-11-29(36)40-33)18-49-12-6-4-5-7-30(46)39-19-35/h4,6,8-11,13,15-16,28H,5,7,12,14,17-20H2,1-3H3,(H,39,46)(H,40,41,48)/b6-4-. The van der Waals surface area contributed by atoms with E-state index in [0.29, 0.717) is 58.6 Å². The molecule has 49 heavy (non-hydrogen) atoms. The lowest BCUT2D eigenvalue weighted by atomic mass is 9.87. The van der Waals surface area contributed by atoms with E-state index in [1.807, 2.05) is 43.3 Å². The van der Waals surface area contributed by atoms with E-state index in [1.54, 1.807) is 30.3 Å². The first-order chi connectivity index (χ1) is 23.5. The third-order valence-corrected chi connectivity index (χ3v) is 9.24. The van der Waals surface area contributed by atoms with Gasteiger partial charge in [0.05, 0.1) is 18.7 Å². The summed E-state index contributed by atoms with van der Waals surface area (Å²) in [6.07, 6.45) is 8.38. The summed E-state index contributed by atoms with van der Waals surface area (Å²) < 4.78 is 7.83. The summed E-state index contributed by atoms with van der Waals surface area (Å²) in [6.45, 7) is 6.05. The van der Waals surface area contributed by atoms with E-state index >= 15 is 0 Å². The maximum absolute atomic E-state index is 14.2. The van der Waals surface area contributed by atoms with Crippen LogP contribution in [0.25, 0.3) is 22.0 Å². The number of pyridine rings is 1. The molecule has 2 aliphatic rings. The minimum Gasteiger partial charge on any atom is -0.373 e. The van der Waals surface area contributed by atoms with Gasteiger partial charge in [0, 0.05) is 60.8 Å². The molecule has 6 rings (SSSR count). The van der Waals surface area contributed by atoms with E-state index < -0.39 is 17.4 Å². The van der Waals surface area contributed by atoms with Crippen LogP contribution in [0.15, 0.2) is 59.5 Å². The molecule has 1 saturated heterocycles.